The molecule has 0 aliphatic carbocycles. The van der Waals surface area contributed by atoms with Crippen molar-refractivity contribution in [1.82, 2.24) is 0 Å². The summed E-state index contributed by atoms with van der Waals surface area (Å²) in [7, 11) is 0. The van der Waals surface area contributed by atoms with Gasteiger partial charge >= 0.3 is 0 Å². The fourth-order valence-corrected chi connectivity index (χ4v) is 2.95. The standard InChI is InChI=1S/C23H20N2O5/c1-2-21(22(26)16-9-4-3-5-10-16)30-18-12-8-11-17(15-18)24-23(27)19-13-6-7-14-20(19)25(28)29/h3-15,21H,2H2,1H3,(H,24,27). The predicted molar refractivity (Wildman–Crippen MR) is 113 cm³/mol. The molecule has 30 heavy (non-hydrogen) atoms. The third-order valence-electron chi connectivity index (χ3n) is 4.44. The number of ketones is 1. The molecule has 0 aromatic heterocycles. The van der Waals surface area contributed by atoms with Crippen LogP contribution in [0.1, 0.15) is 34.1 Å². The van der Waals surface area contributed by atoms with Crippen molar-refractivity contribution < 1.29 is 19.2 Å². The second-order valence-corrected chi connectivity index (χ2v) is 6.50. The summed E-state index contributed by atoms with van der Waals surface area (Å²) < 4.78 is 5.86. The van der Waals surface area contributed by atoms with Gasteiger partial charge in [0.2, 0.25) is 5.78 Å². The van der Waals surface area contributed by atoms with Crippen LogP contribution in [-0.4, -0.2) is 22.7 Å². The quantitative estimate of drug-likeness (QED) is 0.327. The molecule has 0 radical (unpaired) electrons. The molecule has 1 unspecified atom stereocenters. The monoisotopic (exact) mass is 404 g/mol. The summed E-state index contributed by atoms with van der Waals surface area (Å²) in [4.78, 5) is 35.7. The fourth-order valence-electron chi connectivity index (χ4n) is 2.95. The molecule has 1 amide bonds. The molecular formula is C23H20N2O5. The van der Waals surface area contributed by atoms with Crippen molar-refractivity contribution in [2.75, 3.05) is 5.32 Å². The summed E-state index contributed by atoms with van der Waals surface area (Å²) in [5, 5.41) is 13.8. The van der Waals surface area contributed by atoms with Gasteiger partial charge in [0, 0.05) is 23.4 Å². The van der Waals surface area contributed by atoms with Crippen LogP contribution in [0.3, 0.4) is 0 Å². The van der Waals surface area contributed by atoms with E-state index in [2.05, 4.69) is 5.32 Å². The summed E-state index contributed by atoms with van der Waals surface area (Å²) in [6.07, 6.45) is -0.200. The molecule has 0 saturated heterocycles. The maximum atomic E-state index is 12.7. The Hall–Kier alpha value is -4.00. The van der Waals surface area contributed by atoms with Crippen molar-refractivity contribution in [3.63, 3.8) is 0 Å². The first-order valence-electron chi connectivity index (χ1n) is 9.40. The molecule has 3 aromatic rings. The van der Waals surface area contributed by atoms with Crippen molar-refractivity contribution in [1.29, 1.82) is 0 Å². The van der Waals surface area contributed by atoms with E-state index in [0.29, 0.717) is 23.4 Å². The number of Topliss-reactive ketones (excluding diaryl/α,β-unsaturated/α-hetero) is 1. The molecule has 7 nitrogen and oxygen atoms in total. The highest BCUT2D eigenvalue weighted by Gasteiger charge is 2.21. The first kappa shape index (κ1) is 20.7. The number of nitro groups is 1. The van der Waals surface area contributed by atoms with Gasteiger partial charge in [-0.05, 0) is 24.6 Å². The second kappa shape index (κ2) is 9.47. The molecule has 0 saturated carbocycles. The number of carbonyl (C=O) groups excluding carboxylic acids is 2. The Labute approximate surface area is 173 Å². The van der Waals surface area contributed by atoms with Gasteiger partial charge in [-0.3, -0.25) is 19.7 Å². The molecule has 0 aliphatic heterocycles. The number of anilines is 1. The van der Waals surface area contributed by atoms with E-state index in [0.717, 1.165) is 0 Å². The predicted octanol–water partition coefficient (Wildman–Crippen LogP) is 4.89. The zero-order valence-corrected chi connectivity index (χ0v) is 16.3. The van der Waals surface area contributed by atoms with E-state index in [9.17, 15) is 19.7 Å². The molecule has 1 atom stereocenters. The number of rotatable bonds is 8. The van der Waals surface area contributed by atoms with Gasteiger partial charge in [0.1, 0.15) is 11.3 Å². The Balaban J connectivity index is 1.75. The highest BCUT2D eigenvalue weighted by molar-refractivity contribution is 6.07. The van der Waals surface area contributed by atoms with E-state index in [-0.39, 0.29) is 17.0 Å². The molecule has 3 aromatic carbocycles. The summed E-state index contributed by atoms with van der Waals surface area (Å²) in [5.41, 5.74) is 0.643. The largest absolute Gasteiger partial charge is 0.482 e. The molecule has 7 heteroatoms. The lowest BCUT2D eigenvalue weighted by atomic mass is 10.0. The second-order valence-electron chi connectivity index (χ2n) is 6.50. The van der Waals surface area contributed by atoms with Crippen LogP contribution in [0.2, 0.25) is 0 Å². The van der Waals surface area contributed by atoms with E-state index < -0.39 is 16.9 Å². The van der Waals surface area contributed by atoms with E-state index in [1.165, 1.54) is 18.2 Å². The number of carbonyl (C=O) groups is 2. The molecule has 0 fully saturated rings. The van der Waals surface area contributed by atoms with E-state index in [1.54, 1.807) is 54.6 Å². The smallest absolute Gasteiger partial charge is 0.282 e. The molecule has 0 bridgehead atoms. The Morgan fingerprint density at radius 2 is 1.70 bits per heavy atom. The third kappa shape index (κ3) is 4.88. The minimum Gasteiger partial charge on any atom is -0.482 e. The lowest BCUT2D eigenvalue weighted by Gasteiger charge is -2.17. The Morgan fingerprint density at radius 3 is 2.40 bits per heavy atom. The summed E-state index contributed by atoms with van der Waals surface area (Å²) in [6, 6.07) is 21.2. The van der Waals surface area contributed by atoms with Crippen molar-refractivity contribution >= 4 is 23.1 Å². The number of amides is 1. The van der Waals surface area contributed by atoms with Gasteiger partial charge in [0.05, 0.1) is 4.92 Å². The minimum atomic E-state index is -0.673. The number of nitrogens with one attached hydrogen (secondary N) is 1. The maximum absolute atomic E-state index is 12.7. The van der Waals surface area contributed by atoms with E-state index in [1.807, 2.05) is 13.0 Å². The Kier molecular flexibility index (Phi) is 6.54. The van der Waals surface area contributed by atoms with Crippen LogP contribution in [0.4, 0.5) is 11.4 Å². The van der Waals surface area contributed by atoms with Gasteiger partial charge in [0.25, 0.3) is 11.6 Å². The number of nitrogens with zero attached hydrogens (tertiary/aromatic N) is 1. The number of hydrogen-bond donors (Lipinski definition) is 1. The molecule has 152 valence electrons. The number of para-hydroxylation sites is 1. The Morgan fingerprint density at radius 1 is 1.00 bits per heavy atom. The number of nitro benzene ring substituents is 1. The van der Waals surface area contributed by atoms with Crippen molar-refractivity contribution in [2.24, 2.45) is 0 Å². The average molecular weight is 404 g/mol. The van der Waals surface area contributed by atoms with Crippen LogP contribution in [0.15, 0.2) is 78.9 Å². The van der Waals surface area contributed by atoms with Gasteiger partial charge in [-0.25, -0.2) is 0 Å². The van der Waals surface area contributed by atoms with Gasteiger partial charge in [0.15, 0.2) is 6.10 Å². The topological polar surface area (TPSA) is 98.5 Å². The van der Waals surface area contributed by atoms with Crippen LogP contribution < -0.4 is 10.1 Å². The van der Waals surface area contributed by atoms with Crippen molar-refractivity contribution in [3.05, 3.63) is 100 Å². The summed E-state index contributed by atoms with van der Waals surface area (Å²) >= 11 is 0. The van der Waals surface area contributed by atoms with Crippen molar-refractivity contribution in [2.45, 2.75) is 19.4 Å². The maximum Gasteiger partial charge on any atom is 0.282 e. The average Bonchev–Trinajstić information content (AvgIpc) is 2.77. The first-order valence-corrected chi connectivity index (χ1v) is 9.40. The third-order valence-corrected chi connectivity index (χ3v) is 4.44. The van der Waals surface area contributed by atoms with Crippen LogP contribution >= 0.6 is 0 Å². The van der Waals surface area contributed by atoms with Crippen LogP contribution in [0.5, 0.6) is 5.75 Å². The van der Waals surface area contributed by atoms with E-state index >= 15 is 0 Å². The van der Waals surface area contributed by atoms with Gasteiger partial charge in [-0.15, -0.1) is 0 Å². The lowest BCUT2D eigenvalue weighted by molar-refractivity contribution is -0.385. The zero-order chi connectivity index (χ0) is 21.5. The molecule has 0 aliphatic rings. The van der Waals surface area contributed by atoms with Crippen molar-refractivity contribution in [3.8, 4) is 5.75 Å². The summed E-state index contributed by atoms with van der Waals surface area (Å²) in [6.45, 7) is 1.85. The normalized spacial score (nSPS) is 11.4. The van der Waals surface area contributed by atoms with Gasteiger partial charge < -0.3 is 10.1 Å². The minimum absolute atomic E-state index is 0.0421. The molecular weight excluding hydrogens is 384 g/mol. The summed E-state index contributed by atoms with van der Waals surface area (Å²) in [5.74, 6) is -0.328. The number of hydrogen-bond acceptors (Lipinski definition) is 5. The van der Waals surface area contributed by atoms with Crippen LogP contribution in [0, 0.1) is 10.1 Å². The number of benzene rings is 3. The molecule has 0 heterocycles. The molecule has 0 spiro atoms. The Bertz CT molecular complexity index is 1070. The molecule has 1 N–H and O–H groups in total. The number of ether oxygens (including phenoxy) is 1. The van der Waals surface area contributed by atoms with Gasteiger partial charge in [-0.1, -0.05) is 55.5 Å². The first-order chi connectivity index (χ1) is 14.5. The van der Waals surface area contributed by atoms with E-state index in [4.69, 9.17) is 4.74 Å². The SMILES string of the molecule is CCC(Oc1cccc(NC(=O)c2ccccc2[N+](=O)[O-])c1)C(=O)c1ccccc1. The fraction of sp³-hybridized carbons (Fsp3) is 0.130. The van der Waals surface area contributed by atoms with Crippen LogP contribution in [0.25, 0.3) is 0 Å². The lowest BCUT2D eigenvalue weighted by Crippen LogP contribution is -2.26. The molecule has 3 rings (SSSR count). The van der Waals surface area contributed by atoms with Gasteiger partial charge in [-0.2, -0.15) is 0 Å². The van der Waals surface area contributed by atoms with Crippen LogP contribution in [-0.2, 0) is 0 Å². The zero-order valence-electron chi connectivity index (χ0n) is 16.3. The highest BCUT2D eigenvalue weighted by atomic mass is 16.6. The highest BCUT2D eigenvalue weighted by Crippen LogP contribution is 2.23.